The number of aromatic nitrogens is 4. The summed E-state index contributed by atoms with van der Waals surface area (Å²) in [5, 5.41) is 8.71. The number of benzene rings is 2. The maximum absolute atomic E-state index is 12.6. The van der Waals surface area contributed by atoms with Crippen LogP contribution in [0.3, 0.4) is 0 Å². The number of hydrogen-bond acceptors (Lipinski definition) is 7. The largest absolute Gasteiger partial charge is 0.494 e. The molecular formula is C23H21ClN4O4. The van der Waals surface area contributed by atoms with Crippen molar-refractivity contribution in [1.82, 2.24) is 20.0 Å². The Bertz CT molecular complexity index is 1230. The molecule has 0 radical (unpaired) electrons. The minimum absolute atomic E-state index is 0.0445. The first-order valence-electron chi connectivity index (χ1n) is 10.0. The van der Waals surface area contributed by atoms with Gasteiger partial charge in [-0.25, -0.2) is 14.5 Å². The number of oxazole rings is 1. The molecule has 164 valence electrons. The molecule has 2 aromatic carbocycles. The van der Waals surface area contributed by atoms with Crippen molar-refractivity contribution in [3.63, 3.8) is 0 Å². The summed E-state index contributed by atoms with van der Waals surface area (Å²) in [6, 6.07) is 14.5. The molecule has 0 spiro atoms. The first-order valence-corrected chi connectivity index (χ1v) is 10.4. The number of carbonyl (C=O) groups excluding carboxylic acids is 1. The third-order valence-electron chi connectivity index (χ3n) is 4.80. The topological polar surface area (TPSA) is 92.3 Å². The van der Waals surface area contributed by atoms with E-state index in [1.165, 1.54) is 0 Å². The molecule has 0 saturated carbocycles. The van der Waals surface area contributed by atoms with Gasteiger partial charge in [0.15, 0.2) is 5.69 Å². The molecule has 9 heteroatoms. The number of aryl methyl sites for hydroxylation is 1. The van der Waals surface area contributed by atoms with E-state index in [0.29, 0.717) is 34.7 Å². The maximum Gasteiger partial charge on any atom is 0.361 e. The summed E-state index contributed by atoms with van der Waals surface area (Å²) in [5.74, 6) is 1.17. The SMILES string of the molecule is CCOc1ccc(-n2nnc(C(=O)OCc3nc(-c4ccc(Cl)cc4)oc3C)c2C)cc1. The Hall–Kier alpha value is -3.65. The van der Waals surface area contributed by atoms with Crippen molar-refractivity contribution in [3.05, 3.63) is 76.4 Å². The molecule has 0 unspecified atom stereocenters. The minimum Gasteiger partial charge on any atom is -0.494 e. The van der Waals surface area contributed by atoms with Crippen molar-refractivity contribution in [2.45, 2.75) is 27.4 Å². The van der Waals surface area contributed by atoms with Gasteiger partial charge in [0.1, 0.15) is 23.8 Å². The second-order valence-corrected chi connectivity index (χ2v) is 7.40. The zero-order valence-corrected chi connectivity index (χ0v) is 18.6. The summed E-state index contributed by atoms with van der Waals surface area (Å²) in [6.07, 6.45) is 0. The zero-order chi connectivity index (χ0) is 22.7. The van der Waals surface area contributed by atoms with Crippen LogP contribution in [0, 0.1) is 13.8 Å². The van der Waals surface area contributed by atoms with Gasteiger partial charge < -0.3 is 13.9 Å². The van der Waals surface area contributed by atoms with Gasteiger partial charge in [0.25, 0.3) is 0 Å². The van der Waals surface area contributed by atoms with Crippen LogP contribution in [-0.2, 0) is 11.3 Å². The molecule has 0 aliphatic carbocycles. The molecular weight excluding hydrogens is 432 g/mol. The van der Waals surface area contributed by atoms with Gasteiger partial charge in [-0.3, -0.25) is 0 Å². The average Bonchev–Trinajstić information content (AvgIpc) is 3.36. The van der Waals surface area contributed by atoms with E-state index in [0.717, 1.165) is 17.0 Å². The van der Waals surface area contributed by atoms with Crippen LogP contribution in [-0.4, -0.2) is 32.6 Å². The lowest BCUT2D eigenvalue weighted by Crippen LogP contribution is -2.09. The molecule has 32 heavy (non-hydrogen) atoms. The lowest BCUT2D eigenvalue weighted by atomic mass is 10.2. The highest BCUT2D eigenvalue weighted by molar-refractivity contribution is 6.30. The zero-order valence-electron chi connectivity index (χ0n) is 17.8. The van der Waals surface area contributed by atoms with E-state index < -0.39 is 5.97 Å². The molecule has 0 aliphatic rings. The standard InChI is InChI=1S/C23H21ClN4O4/c1-4-30-19-11-9-18(10-12-19)28-14(2)21(26-27-28)23(29)31-13-20-15(3)32-22(25-20)16-5-7-17(24)8-6-16/h5-12H,4,13H2,1-3H3. The van der Waals surface area contributed by atoms with Crippen LogP contribution in [0.2, 0.25) is 5.02 Å². The molecule has 0 fully saturated rings. The number of halogens is 1. The molecule has 0 amide bonds. The predicted octanol–water partition coefficient (Wildman–Crippen LogP) is 4.95. The molecule has 0 aliphatic heterocycles. The second-order valence-electron chi connectivity index (χ2n) is 6.97. The van der Waals surface area contributed by atoms with Crippen LogP contribution in [0.15, 0.2) is 52.9 Å². The number of hydrogen-bond donors (Lipinski definition) is 0. The van der Waals surface area contributed by atoms with E-state index in [1.807, 2.05) is 43.3 Å². The fraction of sp³-hybridized carbons (Fsp3) is 0.217. The van der Waals surface area contributed by atoms with Crippen LogP contribution in [0.1, 0.15) is 34.6 Å². The van der Waals surface area contributed by atoms with Gasteiger partial charge in [-0.2, -0.15) is 0 Å². The fourth-order valence-corrected chi connectivity index (χ4v) is 3.22. The monoisotopic (exact) mass is 452 g/mol. The summed E-state index contributed by atoms with van der Waals surface area (Å²) in [4.78, 5) is 17.1. The summed E-state index contributed by atoms with van der Waals surface area (Å²) in [7, 11) is 0. The summed E-state index contributed by atoms with van der Waals surface area (Å²) in [5.41, 5.74) is 2.78. The number of ether oxygens (including phenoxy) is 2. The summed E-state index contributed by atoms with van der Waals surface area (Å²) in [6.45, 7) is 5.99. The summed E-state index contributed by atoms with van der Waals surface area (Å²) < 4.78 is 18.2. The van der Waals surface area contributed by atoms with Crippen LogP contribution in [0.5, 0.6) is 5.75 Å². The van der Waals surface area contributed by atoms with Crippen molar-refractivity contribution in [3.8, 4) is 22.9 Å². The molecule has 4 aromatic rings. The molecule has 0 bridgehead atoms. The predicted molar refractivity (Wildman–Crippen MR) is 118 cm³/mol. The molecule has 0 atom stereocenters. The third-order valence-corrected chi connectivity index (χ3v) is 5.06. The Kier molecular flexibility index (Phi) is 6.23. The molecule has 0 saturated heterocycles. The van der Waals surface area contributed by atoms with E-state index in [9.17, 15) is 4.79 Å². The molecule has 2 aromatic heterocycles. The normalized spacial score (nSPS) is 10.9. The molecule has 4 rings (SSSR count). The molecule has 8 nitrogen and oxygen atoms in total. The fourth-order valence-electron chi connectivity index (χ4n) is 3.09. The van der Waals surface area contributed by atoms with E-state index in [2.05, 4.69) is 15.3 Å². The van der Waals surface area contributed by atoms with Crippen molar-refractivity contribution in [2.24, 2.45) is 0 Å². The van der Waals surface area contributed by atoms with Gasteiger partial charge in [-0.05, 0) is 69.3 Å². The third kappa shape index (κ3) is 4.50. The van der Waals surface area contributed by atoms with E-state index in [4.69, 9.17) is 25.5 Å². The van der Waals surface area contributed by atoms with Crippen LogP contribution < -0.4 is 4.74 Å². The number of rotatable bonds is 7. The number of nitrogens with zero attached hydrogens (tertiary/aromatic N) is 4. The van der Waals surface area contributed by atoms with Gasteiger partial charge in [-0.1, -0.05) is 16.8 Å². The van der Waals surface area contributed by atoms with Crippen LogP contribution in [0.4, 0.5) is 0 Å². The van der Waals surface area contributed by atoms with E-state index in [1.54, 1.807) is 30.7 Å². The number of carbonyl (C=O) groups is 1. The van der Waals surface area contributed by atoms with Gasteiger partial charge in [-0.15, -0.1) is 5.10 Å². The molecule has 0 N–H and O–H groups in total. The Morgan fingerprint density at radius 2 is 1.81 bits per heavy atom. The van der Waals surface area contributed by atoms with Gasteiger partial charge in [0, 0.05) is 10.6 Å². The maximum atomic E-state index is 12.6. The van der Waals surface area contributed by atoms with E-state index >= 15 is 0 Å². The number of esters is 1. The van der Waals surface area contributed by atoms with Crippen molar-refractivity contribution < 1.29 is 18.7 Å². The van der Waals surface area contributed by atoms with Crippen LogP contribution in [0.25, 0.3) is 17.1 Å². The van der Waals surface area contributed by atoms with Gasteiger partial charge in [0.2, 0.25) is 5.89 Å². The second kappa shape index (κ2) is 9.23. The highest BCUT2D eigenvalue weighted by Gasteiger charge is 2.20. The smallest absolute Gasteiger partial charge is 0.361 e. The highest BCUT2D eigenvalue weighted by atomic mass is 35.5. The van der Waals surface area contributed by atoms with Crippen LogP contribution >= 0.6 is 11.6 Å². The van der Waals surface area contributed by atoms with Crippen molar-refractivity contribution >= 4 is 17.6 Å². The lowest BCUT2D eigenvalue weighted by molar-refractivity contribution is 0.0459. The van der Waals surface area contributed by atoms with Crippen molar-refractivity contribution in [2.75, 3.05) is 6.61 Å². The Balaban J connectivity index is 1.45. The first-order chi connectivity index (χ1) is 15.5. The quantitative estimate of drug-likeness (QED) is 0.366. The van der Waals surface area contributed by atoms with Crippen molar-refractivity contribution in [1.29, 1.82) is 0 Å². The lowest BCUT2D eigenvalue weighted by Gasteiger charge is -2.06. The first kappa shape index (κ1) is 21.6. The van der Waals surface area contributed by atoms with Gasteiger partial charge in [0.05, 0.1) is 18.0 Å². The van der Waals surface area contributed by atoms with Gasteiger partial charge >= 0.3 is 5.97 Å². The summed E-state index contributed by atoms with van der Waals surface area (Å²) >= 11 is 5.92. The Morgan fingerprint density at radius 1 is 1.09 bits per heavy atom. The minimum atomic E-state index is -0.588. The average molecular weight is 453 g/mol. The highest BCUT2D eigenvalue weighted by Crippen LogP contribution is 2.24. The Labute approximate surface area is 189 Å². The molecule has 2 heterocycles. The van der Waals surface area contributed by atoms with E-state index in [-0.39, 0.29) is 12.3 Å². The Morgan fingerprint density at radius 3 is 2.50 bits per heavy atom.